The third kappa shape index (κ3) is 2.66. The van der Waals surface area contributed by atoms with Gasteiger partial charge in [-0.25, -0.2) is 0 Å². The van der Waals surface area contributed by atoms with Gasteiger partial charge in [0.25, 0.3) is 0 Å². The molecule has 0 bridgehead atoms. The molecule has 3 nitrogen and oxygen atoms in total. The maximum atomic E-state index is 11.8. The molecule has 1 N–H and O–H groups in total. The molecule has 0 saturated carbocycles. The molecule has 1 aliphatic carbocycles. The number of rotatable bonds is 4. The topological polar surface area (TPSA) is 38.3 Å². The monoisotopic (exact) mass is 247 g/mol. The van der Waals surface area contributed by atoms with Crippen molar-refractivity contribution >= 4 is 11.7 Å². The summed E-state index contributed by atoms with van der Waals surface area (Å²) in [5.74, 6) is -0.145. The van der Waals surface area contributed by atoms with Crippen molar-refractivity contribution in [1.82, 2.24) is 0 Å². The predicted octanol–water partition coefficient (Wildman–Crippen LogP) is 3.10. The van der Waals surface area contributed by atoms with E-state index in [0.717, 1.165) is 24.1 Å². The molecule has 0 heterocycles. The Bertz CT molecular complexity index is 440. The summed E-state index contributed by atoms with van der Waals surface area (Å²) < 4.78 is 5.12. The van der Waals surface area contributed by atoms with Crippen LogP contribution in [0.1, 0.15) is 44.2 Å². The summed E-state index contributed by atoms with van der Waals surface area (Å²) in [6.45, 7) is 6.55. The van der Waals surface area contributed by atoms with Crippen molar-refractivity contribution < 1.29 is 9.53 Å². The first kappa shape index (κ1) is 12.9. The highest BCUT2D eigenvalue weighted by molar-refractivity contribution is 5.80. The van der Waals surface area contributed by atoms with Gasteiger partial charge in [-0.05, 0) is 56.9 Å². The van der Waals surface area contributed by atoms with E-state index in [9.17, 15) is 4.79 Å². The lowest BCUT2D eigenvalue weighted by molar-refractivity contribution is -0.144. The first-order valence-corrected chi connectivity index (χ1v) is 6.67. The molecule has 2 rings (SSSR count). The second-order valence-corrected chi connectivity index (χ2v) is 5.06. The zero-order valence-corrected chi connectivity index (χ0v) is 11.3. The number of anilines is 1. The standard InChI is InChI=1S/C15H21NO2/c1-4-18-15(17)14-7-5-11-9-12(16-10(2)3)6-8-13(11)14/h6,8-10,14,16H,4-5,7H2,1-3H3. The molecule has 1 aromatic carbocycles. The number of hydrogen-bond acceptors (Lipinski definition) is 3. The van der Waals surface area contributed by atoms with Gasteiger partial charge in [0.1, 0.15) is 0 Å². The highest BCUT2D eigenvalue weighted by Crippen LogP contribution is 2.35. The fourth-order valence-corrected chi connectivity index (χ4v) is 2.53. The number of hydrogen-bond donors (Lipinski definition) is 1. The van der Waals surface area contributed by atoms with E-state index < -0.39 is 0 Å². The third-order valence-electron chi connectivity index (χ3n) is 3.25. The van der Waals surface area contributed by atoms with E-state index in [1.54, 1.807) is 0 Å². The van der Waals surface area contributed by atoms with Gasteiger partial charge in [-0.1, -0.05) is 6.07 Å². The van der Waals surface area contributed by atoms with Gasteiger partial charge in [-0.2, -0.15) is 0 Å². The van der Waals surface area contributed by atoms with Crippen LogP contribution in [0.2, 0.25) is 0 Å². The van der Waals surface area contributed by atoms with E-state index >= 15 is 0 Å². The van der Waals surface area contributed by atoms with Crippen LogP contribution in [0.4, 0.5) is 5.69 Å². The smallest absolute Gasteiger partial charge is 0.313 e. The summed E-state index contributed by atoms with van der Waals surface area (Å²) in [4.78, 5) is 11.8. The number of nitrogens with one attached hydrogen (secondary N) is 1. The first-order valence-electron chi connectivity index (χ1n) is 6.67. The average molecular weight is 247 g/mol. The van der Waals surface area contributed by atoms with E-state index in [1.165, 1.54) is 5.56 Å². The lowest BCUT2D eigenvalue weighted by atomic mass is 10.0. The van der Waals surface area contributed by atoms with Crippen LogP contribution in [0.15, 0.2) is 18.2 Å². The highest BCUT2D eigenvalue weighted by atomic mass is 16.5. The zero-order chi connectivity index (χ0) is 13.1. The SMILES string of the molecule is CCOC(=O)C1CCc2cc(NC(C)C)ccc21. The molecule has 0 radical (unpaired) electrons. The summed E-state index contributed by atoms with van der Waals surface area (Å²) in [7, 11) is 0. The van der Waals surface area contributed by atoms with Gasteiger partial charge >= 0.3 is 5.97 Å². The summed E-state index contributed by atoms with van der Waals surface area (Å²) in [6.07, 6.45) is 1.84. The van der Waals surface area contributed by atoms with E-state index in [1.807, 2.05) is 6.92 Å². The van der Waals surface area contributed by atoms with E-state index in [-0.39, 0.29) is 11.9 Å². The van der Waals surface area contributed by atoms with E-state index in [2.05, 4.69) is 37.4 Å². The maximum Gasteiger partial charge on any atom is 0.313 e. The number of esters is 1. The molecular weight excluding hydrogens is 226 g/mol. The predicted molar refractivity (Wildman–Crippen MR) is 72.9 cm³/mol. The van der Waals surface area contributed by atoms with Gasteiger partial charge in [-0.15, -0.1) is 0 Å². The molecule has 0 spiro atoms. The second-order valence-electron chi connectivity index (χ2n) is 5.06. The van der Waals surface area contributed by atoms with Crippen molar-refractivity contribution in [3.8, 4) is 0 Å². The zero-order valence-electron chi connectivity index (χ0n) is 11.3. The van der Waals surface area contributed by atoms with Crippen molar-refractivity contribution in [1.29, 1.82) is 0 Å². The Morgan fingerprint density at radius 1 is 1.50 bits per heavy atom. The Labute approximate surface area is 109 Å². The molecule has 1 unspecified atom stereocenters. The lowest BCUT2D eigenvalue weighted by Crippen LogP contribution is -2.13. The minimum Gasteiger partial charge on any atom is -0.466 e. The van der Waals surface area contributed by atoms with Crippen molar-refractivity contribution in [2.45, 2.75) is 45.6 Å². The van der Waals surface area contributed by atoms with Gasteiger partial charge in [0.15, 0.2) is 0 Å². The molecule has 0 saturated heterocycles. The molecule has 1 atom stereocenters. The van der Waals surface area contributed by atoms with Crippen LogP contribution >= 0.6 is 0 Å². The molecule has 18 heavy (non-hydrogen) atoms. The molecule has 1 aliphatic rings. The second kappa shape index (κ2) is 5.42. The van der Waals surface area contributed by atoms with Gasteiger partial charge in [0.2, 0.25) is 0 Å². The molecule has 3 heteroatoms. The Morgan fingerprint density at radius 2 is 2.28 bits per heavy atom. The summed E-state index contributed by atoms with van der Waals surface area (Å²) in [6, 6.07) is 6.70. The summed E-state index contributed by atoms with van der Waals surface area (Å²) in [5, 5.41) is 3.39. The van der Waals surface area contributed by atoms with Crippen LogP contribution < -0.4 is 5.32 Å². The van der Waals surface area contributed by atoms with E-state index in [4.69, 9.17) is 4.74 Å². The highest BCUT2D eigenvalue weighted by Gasteiger charge is 2.29. The molecule has 0 aromatic heterocycles. The minimum absolute atomic E-state index is 0.0620. The van der Waals surface area contributed by atoms with Crippen LogP contribution in [0.3, 0.4) is 0 Å². The quantitative estimate of drug-likeness (QED) is 0.831. The Morgan fingerprint density at radius 3 is 2.94 bits per heavy atom. The number of fused-ring (bicyclic) bond motifs is 1. The fraction of sp³-hybridized carbons (Fsp3) is 0.533. The van der Waals surface area contributed by atoms with Crippen molar-refractivity contribution in [3.63, 3.8) is 0 Å². The summed E-state index contributed by atoms with van der Waals surface area (Å²) >= 11 is 0. The minimum atomic E-state index is -0.0826. The molecule has 98 valence electrons. The Kier molecular flexibility index (Phi) is 3.90. The molecule has 1 aromatic rings. The van der Waals surface area contributed by atoms with Crippen LogP contribution in [-0.2, 0) is 16.0 Å². The van der Waals surface area contributed by atoms with E-state index in [0.29, 0.717) is 12.6 Å². The van der Waals surface area contributed by atoms with Crippen LogP contribution in [0.25, 0.3) is 0 Å². The number of carbonyl (C=O) groups excluding carboxylic acids is 1. The maximum absolute atomic E-state index is 11.8. The number of ether oxygens (including phenoxy) is 1. The van der Waals surface area contributed by atoms with Crippen LogP contribution in [0, 0.1) is 0 Å². The van der Waals surface area contributed by atoms with Crippen molar-refractivity contribution in [2.75, 3.05) is 11.9 Å². The van der Waals surface area contributed by atoms with Crippen molar-refractivity contribution in [3.05, 3.63) is 29.3 Å². The fourth-order valence-electron chi connectivity index (χ4n) is 2.53. The molecular formula is C15H21NO2. The molecule has 0 fully saturated rings. The largest absolute Gasteiger partial charge is 0.466 e. The Balaban J connectivity index is 2.17. The number of aryl methyl sites for hydroxylation is 1. The van der Waals surface area contributed by atoms with Gasteiger partial charge < -0.3 is 10.1 Å². The molecule has 0 amide bonds. The summed E-state index contributed by atoms with van der Waals surface area (Å²) in [5.41, 5.74) is 3.55. The normalized spacial score (nSPS) is 17.7. The first-order chi connectivity index (χ1) is 8.61. The lowest BCUT2D eigenvalue weighted by Gasteiger charge is -2.13. The average Bonchev–Trinajstić information content (AvgIpc) is 2.71. The van der Waals surface area contributed by atoms with Crippen LogP contribution in [-0.4, -0.2) is 18.6 Å². The van der Waals surface area contributed by atoms with Crippen molar-refractivity contribution in [2.24, 2.45) is 0 Å². The Hall–Kier alpha value is -1.51. The third-order valence-corrected chi connectivity index (χ3v) is 3.25. The van der Waals surface area contributed by atoms with Gasteiger partial charge in [0.05, 0.1) is 12.5 Å². The van der Waals surface area contributed by atoms with Gasteiger partial charge in [-0.3, -0.25) is 4.79 Å². The number of benzene rings is 1. The number of carbonyl (C=O) groups is 1. The van der Waals surface area contributed by atoms with Crippen LogP contribution in [0.5, 0.6) is 0 Å². The molecule has 0 aliphatic heterocycles. The van der Waals surface area contributed by atoms with Gasteiger partial charge in [0, 0.05) is 11.7 Å².